The first-order valence-electron chi connectivity index (χ1n) is 15.4. The van der Waals surface area contributed by atoms with Crippen molar-refractivity contribution in [3.05, 3.63) is 81.7 Å². The van der Waals surface area contributed by atoms with E-state index in [0.29, 0.717) is 41.8 Å². The highest BCUT2D eigenvalue weighted by atomic mass is 19.4. The maximum atomic E-state index is 15.3. The molecule has 2 aromatic heterocycles. The highest BCUT2D eigenvalue weighted by Gasteiger charge is 2.36. The van der Waals surface area contributed by atoms with Gasteiger partial charge in [-0.2, -0.15) is 18.2 Å². The maximum absolute atomic E-state index is 15.3. The van der Waals surface area contributed by atoms with Crippen LogP contribution in [-0.2, 0) is 19.1 Å². The Bertz CT molecular complexity index is 1730. The predicted molar refractivity (Wildman–Crippen MR) is 168 cm³/mol. The van der Waals surface area contributed by atoms with Gasteiger partial charge in [0.1, 0.15) is 18.1 Å². The van der Waals surface area contributed by atoms with Gasteiger partial charge in [0, 0.05) is 42.3 Å². The number of amidine groups is 1. The fourth-order valence-electron chi connectivity index (χ4n) is 5.64. The highest BCUT2D eigenvalue weighted by Crippen LogP contribution is 2.38. The predicted octanol–water partition coefficient (Wildman–Crippen LogP) is 6.00. The summed E-state index contributed by atoms with van der Waals surface area (Å²) in [5.74, 6) is -0.352. The van der Waals surface area contributed by atoms with Gasteiger partial charge < -0.3 is 21.4 Å². The van der Waals surface area contributed by atoms with Crippen molar-refractivity contribution in [3.63, 3.8) is 0 Å². The molecule has 5 rings (SSSR count). The first kappa shape index (κ1) is 33.3. The first-order valence-corrected chi connectivity index (χ1v) is 15.4. The standard InChI is InChI=1S/C33H38F5N7O/c1-19(39)41-12-11-28(22-7-8-22)42-17-20-5-9-25(10-6-20)45-18-23-15-29(43-31(23)44-32(45)46)26-13-21(3-2-4-24(40)16-34)14-27(30(26)35)33(36,37)38/h5-6,9-10,13-15,18,22,24,28,42H,2-4,7-8,11-12,16-17,40H2,1H3,(H2,39,41)(H,43,44,46)/t24-,28?/m1/s1. The molecule has 0 amide bonds. The van der Waals surface area contributed by atoms with E-state index in [1.807, 2.05) is 12.1 Å². The van der Waals surface area contributed by atoms with Gasteiger partial charge in [0.2, 0.25) is 0 Å². The van der Waals surface area contributed by atoms with Crippen LogP contribution < -0.4 is 22.1 Å². The fourth-order valence-corrected chi connectivity index (χ4v) is 5.64. The number of H-pyrrole nitrogens is 1. The Balaban J connectivity index is 1.36. The van der Waals surface area contributed by atoms with Gasteiger partial charge in [-0.1, -0.05) is 12.1 Å². The summed E-state index contributed by atoms with van der Waals surface area (Å²) in [4.78, 5) is 19.8. The zero-order chi connectivity index (χ0) is 33.0. The van der Waals surface area contributed by atoms with Crippen molar-refractivity contribution in [2.24, 2.45) is 11.7 Å². The number of rotatable bonds is 14. The molecule has 0 spiro atoms. The van der Waals surface area contributed by atoms with Crippen LogP contribution in [-0.4, -0.2) is 45.7 Å². The number of halogens is 5. The topological polar surface area (TPSA) is 125 Å². The van der Waals surface area contributed by atoms with Gasteiger partial charge in [0.25, 0.3) is 0 Å². The van der Waals surface area contributed by atoms with Crippen LogP contribution in [0.25, 0.3) is 28.0 Å². The quantitative estimate of drug-likeness (QED) is 0.0655. The highest BCUT2D eigenvalue weighted by molar-refractivity contribution is 5.83. The number of benzene rings is 2. The number of hydrogen-bond acceptors (Lipinski definition) is 5. The van der Waals surface area contributed by atoms with E-state index in [1.54, 1.807) is 19.1 Å². The van der Waals surface area contributed by atoms with Crippen molar-refractivity contribution < 1.29 is 22.0 Å². The summed E-state index contributed by atoms with van der Waals surface area (Å²) in [5, 5.41) is 14.6. The second-order valence-electron chi connectivity index (χ2n) is 12.0. The molecule has 8 nitrogen and oxygen atoms in total. The zero-order valence-corrected chi connectivity index (χ0v) is 25.5. The van der Waals surface area contributed by atoms with Crippen LogP contribution in [0.4, 0.5) is 22.0 Å². The Labute approximate surface area is 263 Å². The molecule has 1 fully saturated rings. The van der Waals surface area contributed by atoms with E-state index >= 15 is 4.39 Å². The fraction of sp³-hybridized carbons (Fsp3) is 0.424. The number of aromatic amines is 1. The number of alkyl halides is 4. The van der Waals surface area contributed by atoms with Crippen LogP contribution in [0.2, 0.25) is 0 Å². The molecule has 2 aromatic carbocycles. The number of hydrogen-bond donors (Lipinski definition) is 5. The second kappa shape index (κ2) is 14.1. The molecule has 4 aromatic rings. The molecule has 13 heteroatoms. The molecular weight excluding hydrogens is 605 g/mol. The third kappa shape index (κ3) is 8.18. The Morgan fingerprint density at radius 1 is 1.15 bits per heavy atom. The number of nitrogens with zero attached hydrogens (tertiary/aromatic N) is 2. The summed E-state index contributed by atoms with van der Waals surface area (Å²) in [7, 11) is 0. The molecule has 0 bridgehead atoms. The second-order valence-corrected chi connectivity index (χ2v) is 12.0. The molecule has 46 heavy (non-hydrogen) atoms. The number of nitrogens with two attached hydrogens (primary N) is 1. The molecule has 6 N–H and O–H groups in total. The Morgan fingerprint density at radius 3 is 2.54 bits per heavy atom. The van der Waals surface area contributed by atoms with Crippen LogP contribution in [0.5, 0.6) is 0 Å². The molecule has 0 saturated heterocycles. The minimum Gasteiger partial charge on any atom is -0.374 e. The molecule has 0 aliphatic heterocycles. The van der Waals surface area contributed by atoms with Gasteiger partial charge in [0.15, 0.2) is 0 Å². The van der Waals surface area contributed by atoms with Crippen LogP contribution in [0.1, 0.15) is 55.7 Å². The minimum absolute atomic E-state index is 0.0441. The Hall–Kier alpha value is -4.10. The van der Waals surface area contributed by atoms with Crippen molar-refractivity contribution in [1.82, 2.24) is 25.2 Å². The van der Waals surface area contributed by atoms with Gasteiger partial charge >= 0.3 is 11.9 Å². The SMILES string of the molecule is CC(=N)NCCC(NCc1ccc(-n2cc3cc(-c4cc(CCC[C@@H](N)CF)cc(C(F)(F)F)c4F)[nH]c3nc2=O)cc1)C1CC1. The smallest absolute Gasteiger partial charge is 0.374 e. The molecule has 1 aliphatic rings. The van der Waals surface area contributed by atoms with Crippen LogP contribution in [0.3, 0.4) is 0 Å². The number of nitrogens with one attached hydrogen (secondary N) is 4. The van der Waals surface area contributed by atoms with Crippen molar-refractivity contribution in [3.8, 4) is 16.9 Å². The van der Waals surface area contributed by atoms with Gasteiger partial charge in [-0.25, -0.2) is 13.6 Å². The zero-order valence-electron chi connectivity index (χ0n) is 25.5. The monoisotopic (exact) mass is 643 g/mol. The minimum atomic E-state index is -4.93. The lowest BCUT2D eigenvalue weighted by Crippen LogP contribution is -2.34. The van der Waals surface area contributed by atoms with E-state index in [4.69, 9.17) is 11.1 Å². The normalized spacial score (nSPS) is 14.8. The molecule has 0 radical (unpaired) electrons. The largest absolute Gasteiger partial charge is 0.419 e. The van der Waals surface area contributed by atoms with Crippen LogP contribution >= 0.6 is 0 Å². The van der Waals surface area contributed by atoms with E-state index < -0.39 is 36.0 Å². The number of aromatic nitrogens is 3. The lowest BCUT2D eigenvalue weighted by molar-refractivity contribution is -0.140. The lowest BCUT2D eigenvalue weighted by Gasteiger charge is -2.19. The summed E-state index contributed by atoms with van der Waals surface area (Å²) < 4.78 is 70.6. The number of aryl methyl sites for hydroxylation is 1. The molecule has 1 unspecified atom stereocenters. The number of fused-ring (bicyclic) bond motifs is 1. The van der Waals surface area contributed by atoms with Crippen LogP contribution in [0, 0.1) is 17.1 Å². The Kier molecular flexibility index (Phi) is 10.2. The molecular formula is C33H38F5N7O. The van der Waals surface area contributed by atoms with E-state index in [-0.39, 0.29) is 35.3 Å². The van der Waals surface area contributed by atoms with E-state index in [0.717, 1.165) is 24.6 Å². The summed E-state index contributed by atoms with van der Waals surface area (Å²) in [6.07, 6.45) is 0.647. The molecule has 246 valence electrons. The average molecular weight is 644 g/mol. The van der Waals surface area contributed by atoms with Crippen molar-refractivity contribution in [1.29, 1.82) is 5.41 Å². The van der Waals surface area contributed by atoms with Gasteiger partial charge in [0.05, 0.1) is 22.8 Å². The van der Waals surface area contributed by atoms with E-state index in [2.05, 4.69) is 20.6 Å². The molecule has 2 heterocycles. The van der Waals surface area contributed by atoms with Gasteiger partial charge in [-0.3, -0.25) is 9.98 Å². The lowest BCUT2D eigenvalue weighted by atomic mass is 9.98. The van der Waals surface area contributed by atoms with Crippen LogP contribution in [0.15, 0.2) is 53.5 Å². The van der Waals surface area contributed by atoms with Gasteiger partial charge in [-0.05, 0) is 92.8 Å². The maximum Gasteiger partial charge on any atom is 0.419 e. The van der Waals surface area contributed by atoms with Crippen molar-refractivity contribution >= 4 is 16.9 Å². The molecule has 2 atom stereocenters. The third-order valence-electron chi connectivity index (χ3n) is 8.29. The van der Waals surface area contributed by atoms with Gasteiger partial charge in [-0.15, -0.1) is 0 Å². The van der Waals surface area contributed by atoms with Crippen molar-refractivity contribution in [2.45, 2.75) is 70.3 Å². The first-order chi connectivity index (χ1) is 21.9. The van der Waals surface area contributed by atoms with E-state index in [9.17, 15) is 22.4 Å². The summed E-state index contributed by atoms with van der Waals surface area (Å²) in [6, 6.07) is 10.6. The summed E-state index contributed by atoms with van der Waals surface area (Å²) in [5.41, 5.74) is 5.24. The summed E-state index contributed by atoms with van der Waals surface area (Å²) in [6.45, 7) is 2.37. The van der Waals surface area contributed by atoms with Crippen molar-refractivity contribution in [2.75, 3.05) is 13.2 Å². The third-order valence-corrected chi connectivity index (χ3v) is 8.29. The summed E-state index contributed by atoms with van der Waals surface area (Å²) >= 11 is 0. The van der Waals surface area contributed by atoms with E-state index in [1.165, 1.54) is 35.7 Å². The molecule has 1 aliphatic carbocycles. The average Bonchev–Trinajstić information content (AvgIpc) is 3.77. The molecule has 1 saturated carbocycles. The Morgan fingerprint density at radius 2 is 1.89 bits per heavy atom.